The normalized spacial score (nSPS) is 16.4. The van der Waals surface area contributed by atoms with E-state index in [9.17, 15) is 18.3 Å². The van der Waals surface area contributed by atoms with Crippen LogP contribution in [0.4, 0.5) is 10.7 Å². The number of carbonyl (C=O) groups is 1. The monoisotopic (exact) mass is 573 g/mol. The van der Waals surface area contributed by atoms with Gasteiger partial charge in [0.15, 0.2) is 0 Å². The van der Waals surface area contributed by atoms with Crippen LogP contribution >= 0.6 is 0 Å². The number of rotatable bonds is 10. The summed E-state index contributed by atoms with van der Waals surface area (Å²) in [4.78, 5) is 22.9. The van der Waals surface area contributed by atoms with Gasteiger partial charge >= 0.3 is 6.09 Å². The van der Waals surface area contributed by atoms with Crippen LogP contribution in [0.15, 0.2) is 53.4 Å². The molecular formula is C28H39N5O6S. The van der Waals surface area contributed by atoms with Crippen molar-refractivity contribution in [1.82, 2.24) is 19.3 Å². The second-order valence-electron chi connectivity index (χ2n) is 11.2. The van der Waals surface area contributed by atoms with Gasteiger partial charge < -0.3 is 25.5 Å². The van der Waals surface area contributed by atoms with E-state index in [4.69, 9.17) is 15.3 Å². The fraction of sp³-hybridized carbons (Fsp3) is 0.500. The highest BCUT2D eigenvalue weighted by molar-refractivity contribution is 7.89. The molecule has 1 heterocycles. The Morgan fingerprint density at radius 2 is 1.88 bits per heavy atom. The zero-order valence-electron chi connectivity index (χ0n) is 23.4. The molecule has 1 fully saturated rings. The van der Waals surface area contributed by atoms with Crippen molar-refractivity contribution < 1.29 is 27.9 Å². The molecule has 1 saturated carbocycles. The fourth-order valence-corrected chi connectivity index (χ4v) is 6.04. The second-order valence-corrected chi connectivity index (χ2v) is 13.0. The maximum absolute atomic E-state index is 13.9. The van der Waals surface area contributed by atoms with Crippen molar-refractivity contribution in [2.45, 2.75) is 81.6 Å². The van der Waals surface area contributed by atoms with Gasteiger partial charge in [-0.3, -0.25) is 4.84 Å². The summed E-state index contributed by atoms with van der Waals surface area (Å²) < 4.78 is 35.7. The molecule has 0 radical (unpaired) electrons. The number of benzene rings is 2. The average Bonchev–Trinajstić information content (AvgIpc) is 3.49. The van der Waals surface area contributed by atoms with Gasteiger partial charge in [0.25, 0.3) is 10.0 Å². The van der Waals surface area contributed by atoms with Crippen LogP contribution in [0.3, 0.4) is 0 Å². The lowest BCUT2D eigenvalue weighted by Crippen LogP contribution is -2.51. The van der Waals surface area contributed by atoms with E-state index in [1.165, 1.54) is 12.1 Å². The van der Waals surface area contributed by atoms with Gasteiger partial charge in [-0.25, -0.2) is 18.2 Å². The molecule has 1 aliphatic carbocycles. The zero-order valence-corrected chi connectivity index (χ0v) is 24.2. The first-order chi connectivity index (χ1) is 18.8. The molecule has 12 heteroatoms. The van der Waals surface area contributed by atoms with E-state index in [0.717, 1.165) is 22.9 Å². The topological polar surface area (TPSA) is 149 Å². The van der Waals surface area contributed by atoms with Crippen LogP contribution in [0.5, 0.6) is 0 Å². The molecule has 0 spiro atoms. The van der Waals surface area contributed by atoms with E-state index < -0.39 is 40.4 Å². The number of nitrogens with two attached hydrogens (primary N) is 1. The maximum atomic E-state index is 13.9. The molecule has 1 aromatic heterocycles. The number of aromatic nitrogens is 2. The first-order valence-electron chi connectivity index (χ1n) is 13.5. The lowest BCUT2D eigenvalue weighted by atomic mass is 10.0. The number of imidazole rings is 1. The van der Waals surface area contributed by atoms with Gasteiger partial charge in [0.2, 0.25) is 5.95 Å². The lowest BCUT2D eigenvalue weighted by molar-refractivity contribution is -0.145. The quantitative estimate of drug-likeness (QED) is 0.312. The van der Waals surface area contributed by atoms with Gasteiger partial charge in [-0.2, -0.15) is 0 Å². The van der Waals surface area contributed by atoms with Crippen molar-refractivity contribution in [3.8, 4) is 0 Å². The maximum Gasteiger partial charge on any atom is 0.407 e. The van der Waals surface area contributed by atoms with Gasteiger partial charge in [0, 0.05) is 7.05 Å². The summed E-state index contributed by atoms with van der Waals surface area (Å²) >= 11 is 0. The molecule has 4 rings (SSSR count). The number of ether oxygens (including phenoxy) is 1. The number of hydrogen-bond acceptors (Lipinski definition) is 8. The van der Waals surface area contributed by atoms with Crippen molar-refractivity contribution in [2.24, 2.45) is 7.05 Å². The minimum absolute atomic E-state index is 0.0389. The Morgan fingerprint density at radius 3 is 2.52 bits per heavy atom. The van der Waals surface area contributed by atoms with Gasteiger partial charge in [-0.15, -0.1) is 0 Å². The van der Waals surface area contributed by atoms with E-state index in [0.29, 0.717) is 23.9 Å². The number of amides is 1. The first kappa shape index (κ1) is 29.8. The van der Waals surface area contributed by atoms with E-state index in [2.05, 4.69) is 10.3 Å². The smallest absolute Gasteiger partial charge is 0.407 e. The summed E-state index contributed by atoms with van der Waals surface area (Å²) in [5.41, 5.74) is 7.13. The van der Waals surface area contributed by atoms with Gasteiger partial charge in [0.1, 0.15) is 5.60 Å². The Balaban J connectivity index is 1.63. The molecule has 4 N–H and O–H groups in total. The number of aliphatic hydroxyl groups excluding tert-OH is 1. The second kappa shape index (κ2) is 12.1. The molecule has 0 saturated heterocycles. The third-order valence-electron chi connectivity index (χ3n) is 6.82. The Bertz CT molecular complexity index is 1410. The number of nitrogens with one attached hydrogen (secondary N) is 1. The molecule has 2 aromatic carbocycles. The van der Waals surface area contributed by atoms with Crippen LogP contribution in [-0.4, -0.2) is 64.0 Å². The van der Waals surface area contributed by atoms with Gasteiger partial charge in [-0.05, 0) is 63.8 Å². The summed E-state index contributed by atoms with van der Waals surface area (Å²) in [6.07, 6.45) is 1.19. The Labute approximate surface area is 235 Å². The molecule has 40 heavy (non-hydrogen) atoms. The number of aliphatic hydroxyl groups is 1. The summed E-state index contributed by atoms with van der Waals surface area (Å²) in [6, 6.07) is 13.0. The van der Waals surface area contributed by atoms with E-state index in [1.54, 1.807) is 38.5 Å². The molecule has 3 aromatic rings. The number of nitrogen functional groups attached to an aromatic ring is 1. The largest absolute Gasteiger partial charge is 0.444 e. The standard InChI is InChI=1S/C28H39N5O6S/c1-28(2,3)38-27(35)31-23(16-19-10-6-5-7-11-19)25(34)18-33(39-20-12-8-9-13-20)40(36,37)21-14-15-24-22(17-21)30-26(29)32(24)4/h5-7,10-11,14-15,17,20,23,25,34H,8-9,12-13,16,18H2,1-4H3,(H2,29,30)(H,31,35)/t23-,25-/m0/s1. The summed E-state index contributed by atoms with van der Waals surface area (Å²) in [7, 11) is -2.48. The molecular weight excluding hydrogens is 534 g/mol. The number of aryl methyl sites for hydroxylation is 1. The fourth-order valence-electron chi connectivity index (χ4n) is 4.72. The third kappa shape index (κ3) is 7.30. The predicted molar refractivity (Wildman–Crippen MR) is 152 cm³/mol. The molecule has 0 unspecified atom stereocenters. The number of nitrogens with zero attached hydrogens (tertiary/aromatic N) is 3. The number of hydroxylamine groups is 1. The number of alkyl carbamates (subject to hydrolysis) is 1. The van der Waals surface area contributed by atoms with Crippen LogP contribution in [0.2, 0.25) is 0 Å². The van der Waals surface area contributed by atoms with Crippen molar-refractivity contribution in [2.75, 3.05) is 12.3 Å². The van der Waals surface area contributed by atoms with Crippen LogP contribution < -0.4 is 11.1 Å². The van der Waals surface area contributed by atoms with Crippen molar-refractivity contribution >= 4 is 33.1 Å². The van der Waals surface area contributed by atoms with Gasteiger partial charge in [0.05, 0.1) is 40.7 Å². The van der Waals surface area contributed by atoms with Crippen molar-refractivity contribution in [3.05, 3.63) is 54.1 Å². The van der Waals surface area contributed by atoms with E-state index in [-0.39, 0.29) is 23.4 Å². The molecule has 1 aliphatic rings. The highest BCUT2D eigenvalue weighted by Gasteiger charge is 2.35. The van der Waals surface area contributed by atoms with Crippen LogP contribution in [0.25, 0.3) is 11.0 Å². The molecule has 2 atom stereocenters. The number of hydrogen-bond donors (Lipinski definition) is 3. The van der Waals surface area contributed by atoms with E-state index >= 15 is 0 Å². The number of fused-ring (bicyclic) bond motifs is 1. The van der Waals surface area contributed by atoms with Crippen molar-refractivity contribution in [3.63, 3.8) is 0 Å². The Kier molecular flexibility index (Phi) is 9.03. The number of anilines is 1. The molecule has 0 bridgehead atoms. The predicted octanol–water partition coefficient (Wildman–Crippen LogP) is 3.52. The molecule has 11 nitrogen and oxygen atoms in total. The first-order valence-corrected chi connectivity index (χ1v) is 14.9. The zero-order chi connectivity index (χ0) is 29.1. The number of sulfonamides is 1. The Hall–Kier alpha value is -3.19. The SMILES string of the molecule is Cn1c(N)nc2cc(S(=O)(=O)N(C[C@H](O)[C@H](Cc3ccccc3)NC(=O)OC(C)(C)C)OC3CCCC3)ccc21. The molecule has 0 aliphatic heterocycles. The van der Waals surface area contributed by atoms with Gasteiger partial charge in [-0.1, -0.05) is 47.6 Å². The van der Waals surface area contributed by atoms with Crippen LogP contribution in [0.1, 0.15) is 52.0 Å². The van der Waals surface area contributed by atoms with Crippen LogP contribution in [-0.2, 0) is 33.1 Å². The number of carbonyl (C=O) groups excluding carboxylic acids is 1. The molecule has 1 amide bonds. The van der Waals surface area contributed by atoms with Crippen LogP contribution in [0, 0.1) is 0 Å². The third-order valence-corrected chi connectivity index (χ3v) is 8.44. The summed E-state index contributed by atoms with van der Waals surface area (Å²) in [5, 5.41) is 14.1. The van der Waals surface area contributed by atoms with Crippen molar-refractivity contribution in [1.29, 1.82) is 0 Å². The summed E-state index contributed by atoms with van der Waals surface area (Å²) in [6.45, 7) is 4.82. The Morgan fingerprint density at radius 1 is 1.20 bits per heavy atom. The lowest BCUT2D eigenvalue weighted by Gasteiger charge is -2.31. The minimum atomic E-state index is -4.23. The highest BCUT2D eigenvalue weighted by Crippen LogP contribution is 2.28. The van der Waals surface area contributed by atoms with E-state index in [1.807, 2.05) is 30.3 Å². The average molecular weight is 574 g/mol. The summed E-state index contributed by atoms with van der Waals surface area (Å²) in [5.74, 6) is 0.260. The minimum Gasteiger partial charge on any atom is -0.444 e. The molecule has 218 valence electrons. The highest BCUT2D eigenvalue weighted by atomic mass is 32.2.